The van der Waals surface area contributed by atoms with Gasteiger partial charge in [-0.15, -0.1) is 11.3 Å². The Morgan fingerprint density at radius 2 is 2.19 bits per heavy atom. The van der Waals surface area contributed by atoms with Crippen molar-refractivity contribution in [2.24, 2.45) is 0 Å². The molecule has 3 heterocycles. The van der Waals surface area contributed by atoms with Crippen molar-refractivity contribution in [1.29, 1.82) is 0 Å². The van der Waals surface area contributed by atoms with E-state index in [1.807, 2.05) is 12.1 Å². The SMILES string of the molecule is CCOC(=O)c1ccc(N2CCCC(c3nc4ccccc4s3)C2)nc1. The Bertz CT molecular complexity index is 874. The molecule has 1 aliphatic heterocycles. The average molecular weight is 367 g/mol. The van der Waals surface area contributed by atoms with Gasteiger partial charge in [0.1, 0.15) is 5.82 Å². The highest BCUT2D eigenvalue weighted by atomic mass is 32.1. The monoisotopic (exact) mass is 367 g/mol. The largest absolute Gasteiger partial charge is 0.462 e. The third-order valence-corrected chi connectivity index (χ3v) is 5.86. The minimum absolute atomic E-state index is 0.322. The van der Waals surface area contributed by atoms with Gasteiger partial charge in [0.25, 0.3) is 0 Å². The Hall–Kier alpha value is -2.47. The molecule has 5 nitrogen and oxygen atoms in total. The average Bonchev–Trinajstić information content (AvgIpc) is 3.13. The fraction of sp³-hybridized carbons (Fsp3) is 0.350. The van der Waals surface area contributed by atoms with Crippen LogP contribution in [0.2, 0.25) is 0 Å². The molecule has 134 valence electrons. The molecule has 0 N–H and O–H groups in total. The molecular formula is C20H21N3O2S. The third-order valence-electron chi connectivity index (χ3n) is 4.66. The number of hydrogen-bond donors (Lipinski definition) is 0. The number of para-hydroxylation sites is 1. The van der Waals surface area contributed by atoms with E-state index in [2.05, 4.69) is 28.1 Å². The number of pyridine rings is 1. The number of esters is 1. The molecule has 1 saturated heterocycles. The lowest BCUT2D eigenvalue weighted by molar-refractivity contribution is 0.0526. The van der Waals surface area contributed by atoms with Crippen LogP contribution in [0.1, 0.15) is 41.0 Å². The van der Waals surface area contributed by atoms with Gasteiger partial charge in [-0.1, -0.05) is 12.1 Å². The highest BCUT2D eigenvalue weighted by molar-refractivity contribution is 7.18. The Labute approximate surface area is 156 Å². The molecule has 0 saturated carbocycles. The predicted octanol–water partition coefficient (Wildman–Crippen LogP) is 4.25. The zero-order valence-electron chi connectivity index (χ0n) is 14.7. The molecule has 0 bridgehead atoms. The molecule has 0 amide bonds. The van der Waals surface area contributed by atoms with Crippen molar-refractivity contribution in [1.82, 2.24) is 9.97 Å². The number of nitrogens with zero attached hydrogens (tertiary/aromatic N) is 3. The molecule has 0 aliphatic carbocycles. The lowest BCUT2D eigenvalue weighted by atomic mass is 9.98. The van der Waals surface area contributed by atoms with Crippen molar-refractivity contribution >= 4 is 33.3 Å². The van der Waals surface area contributed by atoms with E-state index in [1.165, 1.54) is 9.71 Å². The molecule has 0 spiro atoms. The minimum Gasteiger partial charge on any atom is -0.462 e. The van der Waals surface area contributed by atoms with Gasteiger partial charge in [-0.3, -0.25) is 0 Å². The van der Waals surface area contributed by atoms with E-state index in [4.69, 9.17) is 9.72 Å². The lowest BCUT2D eigenvalue weighted by Crippen LogP contribution is -2.34. The van der Waals surface area contributed by atoms with Crippen LogP contribution in [0.3, 0.4) is 0 Å². The van der Waals surface area contributed by atoms with E-state index in [9.17, 15) is 4.79 Å². The molecule has 1 fully saturated rings. The maximum atomic E-state index is 11.8. The van der Waals surface area contributed by atoms with Crippen LogP contribution in [-0.4, -0.2) is 35.6 Å². The van der Waals surface area contributed by atoms with Crippen molar-refractivity contribution in [2.45, 2.75) is 25.7 Å². The van der Waals surface area contributed by atoms with E-state index < -0.39 is 0 Å². The zero-order chi connectivity index (χ0) is 17.9. The normalized spacial score (nSPS) is 17.4. The Kier molecular flexibility index (Phi) is 4.84. The van der Waals surface area contributed by atoms with Crippen LogP contribution in [0.4, 0.5) is 5.82 Å². The molecular weight excluding hydrogens is 346 g/mol. The quantitative estimate of drug-likeness (QED) is 0.645. The third kappa shape index (κ3) is 3.42. The number of piperidine rings is 1. The summed E-state index contributed by atoms with van der Waals surface area (Å²) in [4.78, 5) is 23.4. The van der Waals surface area contributed by atoms with Gasteiger partial charge in [0.05, 0.1) is 27.4 Å². The Morgan fingerprint density at radius 3 is 2.96 bits per heavy atom. The van der Waals surface area contributed by atoms with Gasteiger partial charge in [0.15, 0.2) is 0 Å². The topological polar surface area (TPSA) is 55.3 Å². The number of carbonyl (C=O) groups is 1. The van der Waals surface area contributed by atoms with Gasteiger partial charge >= 0.3 is 5.97 Å². The van der Waals surface area contributed by atoms with Crippen LogP contribution in [0, 0.1) is 0 Å². The van der Waals surface area contributed by atoms with Gasteiger partial charge in [-0.25, -0.2) is 14.8 Å². The molecule has 26 heavy (non-hydrogen) atoms. The molecule has 2 aromatic heterocycles. The summed E-state index contributed by atoms with van der Waals surface area (Å²) in [6.07, 6.45) is 3.87. The molecule has 1 aliphatic rings. The minimum atomic E-state index is -0.322. The molecule has 1 atom stereocenters. The molecule has 1 aromatic carbocycles. The van der Waals surface area contributed by atoms with E-state index in [-0.39, 0.29) is 5.97 Å². The van der Waals surface area contributed by atoms with E-state index in [0.717, 1.165) is 37.3 Å². The number of thiazole rings is 1. The van der Waals surface area contributed by atoms with E-state index >= 15 is 0 Å². The summed E-state index contributed by atoms with van der Waals surface area (Å²) in [7, 11) is 0. The standard InChI is InChI=1S/C20H21N3O2S/c1-2-25-20(24)14-9-10-18(21-12-14)23-11-5-6-15(13-23)19-22-16-7-3-4-8-17(16)26-19/h3-4,7-10,12,15H,2,5-6,11,13H2,1H3. The van der Waals surface area contributed by atoms with Gasteiger partial charge in [0.2, 0.25) is 0 Å². The van der Waals surface area contributed by atoms with Gasteiger partial charge < -0.3 is 9.64 Å². The lowest BCUT2D eigenvalue weighted by Gasteiger charge is -2.32. The molecule has 6 heteroatoms. The molecule has 4 rings (SSSR count). The molecule has 3 aromatic rings. The second-order valence-electron chi connectivity index (χ2n) is 6.43. The molecule has 1 unspecified atom stereocenters. The van der Waals surface area contributed by atoms with Crippen molar-refractivity contribution in [3.63, 3.8) is 0 Å². The summed E-state index contributed by atoms with van der Waals surface area (Å²) in [6.45, 7) is 4.06. The van der Waals surface area contributed by atoms with Crippen molar-refractivity contribution in [3.05, 3.63) is 53.2 Å². The summed E-state index contributed by atoms with van der Waals surface area (Å²) in [6, 6.07) is 12.0. The van der Waals surface area contributed by atoms with Gasteiger partial charge in [-0.05, 0) is 44.0 Å². The number of fused-ring (bicyclic) bond motifs is 1. The summed E-state index contributed by atoms with van der Waals surface area (Å²) < 4.78 is 6.26. The summed E-state index contributed by atoms with van der Waals surface area (Å²) in [5.74, 6) is 1.01. The number of ether oxygens (including phenoxy) is 1. The first-order valence-corrected chi connectivity index (χ1v) is 9.80. The number of benzene rings is 1. The predicted molar refractivity (Wildman–Crippen MR) is 104 cm³/mol. The number of hydrogen-bond acceptors (Lipinski definition) is 6. The van der Waals surface area contributed by atoms with Gasteiger partial charge in [0, 0.05) is 25.2 Å². The van der Waals surface area contributed by atoms with E-state index in [1.54, 1.807) is 30.5 Å². The van der Waals surface area contributed by atoms with Gasteiger partial charge in [-0.2, -0.15) is 0 Å². The first kappa shape index (κ1) is 17.0. The number of rotatable bonds is 4. The summed E-state index contributed by atoms with van der Waals surface area (Å²) >= 11 is 1.79. The van der Waals surface area contributed by atoms with Crippen molar-refractivity contribution < 1.29 is 9.53 Å². The highest BCUT2D eigenvalue weighted by Gasteiger charge is 2.25. The summed E-state index contributed by atoms with van der Waals surface area (Å²) in [5.41, 5.74) is 1.58. The van der Waals surface area contributed by atoms with Crippen LogP contribution in [0.5, 0.6) is 0 Å². The smallest absolute Gasteiger partial charge is 0.339 e. The van der Waals surface area contributed by atoms with Crippen LogP contribution >= 0.6 is 11.3 Å². The maximum Gasteiger partial charge on any atom is 0.339 e. The maximum absolute atomic E-state index is 11.8. The number of aromatic nitrogens is 2. The fourth-order valence-corrected chi connectivity index (χ4v) is 4.45. The second kappa shape index (κ2) is 7.41. The van der Waals surface area contributed by atoms with Crippen LogP contribution in [-0.2, 0) is 4.74 Å². The molecule has 0 radical (unpaired) electrons. The Balaban J connectivity index is 1.50. The van der Waals surface area contributed by atoms with E-state index in [0.29, 0.717) is 18.1 Å². The highest BCUT2D eigenvalue weighted by Crippen LogP contribution is 2.34. The summed E-state index contributed by atoms with van der Waals surface area (Å²) in [5, 5.41) is 1.21. The van der Waals surface area contributed by atoms with Crippen LogP contribution in [0.25, 0.3) is 10.2 Å². The first-order valence-electron chi connectivity index (χ1n) is 8.98. The second-order valence-corrected chi connectivity index (χ2v) is 7.49. The zero-order valence-corrected chi connectivity index (χ0v) is 15.5. The number of anilines is 1. The fourth-order valence-electron chi connectivity index (χ4n) is 3.36. The number of carbonyl (C=O) groups excluding carboxylic acids is 1. The van der Waals surface area contributed by atoms with Crippen molar-refractivity contribution in [3.8, 4) is 0 Å². The first-order chi connectivity index (χ1) is 12.7. The Morgan fingerprint density at radius 1 is 1.31 bits per heavy atom. The van der Waals surface area contributed by atoms with Crippen molar-refractivity contribution in [2.75, 3.05) is 24.6 Å². The van der Waals surface area contributed by atoms with Crippen LogP contribution in [0.15, 0.2) is 42.6 Å². The van der Waals surface area contributed by atoms with Crippen LogP contribution < -0.4 is 4.90 Å².